The number of aryl methyl sites for hydroxylation is 2. The predicted molar refractivity (Wildman–Crippen MR) is 66.9 cm³/mol. The number of H-pyrrole nitrogens is 1. The van der Waals surface area contributed by atoms with Gasteiger partial charge in [-0.05, 0) is 33.3 Å². The van der Waals surface area contributed by atoms with E-state index < -0.39 is 0 Å². The molecule has 16 heavy (non-hydrogen) atoms. The lowest BCUT2D eigenvalue weighted by Crippen LogP contribution is -2.23. The van der Waals surface area contributed by atoms with Crippen LogP contribution in [0.15, 0.2) is 16.4 Å². The van der Waals surface area contributed by atoms with Crippen molar-refractivity contribution in [1.82, 2.24) is 10.1 Å². The number of hydrogen-bond donors (Lipinski definition) is 1. The highest BCUT2D eigenvalue weighted by atomic mass is 15.7. The van der Waals surface area contributed by atoms with Gasteiger partial charge in [-0.3, -0.25) is 0 Å². The summed E-state index contributed by atoms with van der Waals surface area (Å²) < 4.78 is 0. The molecule has 0 aliphatic carbocycles. The number of nitrogens with zero attached hydrogens (tertiary/aromatic N) is 3. The third-order valence-corrected chi connectivity index (χ3v) is 2.79. The Bertz CT molecular complexity index is 434. The average molecular weight is 218 g/mol. The highest BCUT2D eigenvalue weighted by Gasteiger charge is 2.17. The summed E-state index contributed by atoms with van der Waals surface area (Å²) in [7, 11) is 0. The van der Waals surface area contributed by atoms with Crippen LogP contribution in [-0.2, 0) is 0 Å². The Morgan fingerprint density at radius 2 is 2.06 bits per heavy atom. The topological polar surface area (TPSA) is 43.8 Å². The normalized spacial score (nSPS) is 16.1. The van der Waals surface area contributed by atoms with E-state index in [4.69, 9.17) is 0 Å². The molecular formula is C12H18N4. The molecule has 0 amide bonds. The van der Waals surface area contributed by atoms with Crippen molar-refractivity contribution in [2.45, 2.75) is 34.1 Å². The predicted octanol–water partition coefficient (Wildman–Crippen LogP) is 2.44. The minimum absolute atomic E-state index is 0.809. The van der Waals surface area contributed by atoms with Gasteiger partial charge in [0.2, 0.25) is 0 Å². The first kappa shape index (κ1) is 10.9. The van der Waals surface area contributed by atoms with Gasteiger partial charge in [0.25, 0.3) is 0 Å². The number of hydrogen-bond acceptors (Lipinski definition) is 3. The van der Waals surface area contributed by atoms with Crippen molar-refractivity contribution in [3.05, 3.63) is 23.0 Å². The first-order chi connectivity index (χ1) is 7.61. The maximum atomic E-state index is 4.56. The molecule has 86 valence electrons. The van der Waals surface area contributed by atoms with Gasteiger partial charge < -0.3 is 4.98 Å². The van der Waals surface area contributed by atoms with Crippen LogP contribution in [0.1, 0.15) is 37.1 Å². The van der Waals surface area contributed by atoms with E-state index in [1.807, 2.05) is 6.20 Å². The second-order valence-corrected chi connectivity index (χ2v) is 4.22. The number of nitrogens with one attached hydrogen (secondary N) is 1. The van der Waals surface area contributed by atoms with Crippen LogP contribution in [0.3, 0.4) is 0 Å². The molecule has 0 saturated carbocycles. The molecule has 0 fully saturated rings. The van der Waals surface area contributed by atoms with Crippen LogP contribution in [0.25, 0.3) is 0 Å². The summed E-state index contributed by atoms with van der Waals surface area (Å²) in [5.41, 5.74) is 5.91. The van der Waals surface area contributed by atoms with Gasteiger partial charge in [0, 0.05) is 29.6 Å². The molecule has 0 unspecified atom stereocenters. The summed E-state index contributed by atoms with van der Waals surface area (Å²) in [5.74, 6) is 0. The molecule has 0 bridgehead atoms. The second-order valence-electron chi connectivity index (χ2n) is 4.22. The van der Waals surface area contributed by atoms with Crippen molar-refractivity contribution < 1.29 is 0 Å². The zero-order valence-corrected chi connectivity index (χ0v) is 10.3. The molecule has 1 aromatic rings. The van der Waals surface area contributed by atoms with E-state index in [0.29, 0.717) is 0 Å². The van der Waals surface area contributed by atoms with E-state index in [-0.39, 0.29) is 0 Å². The van der Waals surface area contributed by atoms with E-state index >= 15 is 0 Å². The standard InChI is InChI=1S/C12H18N4/c1-5-16-14-9(3)6-11(15-16)12-8(2)7-13-10(12)4/h7,13H,5-6H2,1-4H3. The largest absolute Gasteiger partial charge is 0.364 e. The lowest BCUT2D eigenvalue weighted by Gasteiger charge is -2.20. The number of aromatic nitrogens is 1. The summed E-state index contributed by atoms with van der Waals surface area (Å²) >= 11 is 0. The third kappa shape index (κ3) is 1.87. The minimum Gasteiger partial charge on any atom is -0.364 e. The van der Waals surface area contributed by atoms with Crippen molar-refractivity contribution in [3.8, 4) is 0 Å². The van der Waals surface area contributed by atoms with Crippen molar-refractivity contribution in [3.63, 3.8) is 0 Å². The van der Waals surface area contributed by atoms with Gasteiger partial charge in [-0.2, -0.15) is 15.3 Å². The Kier molecular flexibility index (Phi) is 2.81. The van der Waals surface area contributed by atoms with E-state index in [1.54, 1.807) is 5.12 Å². The molecular weight excluding hydrogens is 200 g/mol. The molecule has 0 atom stereocenters. The second kappa shape index (κ2) is 4.12. The lowest BCUT2D eigenvalue weighted by atomic mass is 10.0. The summed E-state index contributed by atoms with van der Waals surface area (Å²) in [6.45, 7) is 9.11. The van der Waals surface area contributed by atoms with Crippen LogP contribution in [0.5, 0.6) is 0 Å². The lowest BCUT2D eigenvalue weighted by molar-refractivity contribution is 0.316. The molecule has 0 aromatic carbocycles. The molecule has 2 heterocycles. The fourth-order valence-electron chi connectivity index (χ4n) is 2.05. The van der Waals surface area contributed by atoms with Gasteiger partial charge in [-0.1, -0.05) is 0 Å². The van der Waals surface area contributed by atoms with Crippen molar-refractivity contribution >= 4 is 11.4 Å². The third-order valence-electron chi connectivity index (χ3n) is 2.79. The maximum absolute atomic E-state index is 4.56. The number of rotatable bonds is 2. The zero-order valence-electron chi connectivity index (χ0n) is 10.3. The Morgan fingerprint density at radius 1 is 1.31 bits per heavy atom. The average Bonchev–Trinajstić information content (AvgIpc) is 2.57. The van der Waals surface area contributed by atoms with Crippen LogP contribution in [0.4, 0.5) is 0 Å². The molecule has 1 aliphatic heterocycles. The smallest absolute Gasteiger partial charge is 0.0775 e. The first-order valence-corrected chi connectivity index (χ1v) is 5.66. The molecule has 0 radical (unpaired) electrons. The quantitative estimate of drug-likeness (QED) is 0.814. The van der Waals surface area contributed by atoms with E-state index in [2.05, 4.69) is 42.9 Å². The van der Waals surface area contributed by atoms with Crippen LogP contribution in [0, 0.1) is 13.8 Å². The summed E-state index contributed by atoms with van der Waals surface area (Å²) in [5, 5.41) is 10.7. The minimum atomic E-state index is 0.809. The highest BCUT2D eigenvalue weighted by molar-refractivity contribution is 6.13. The molecule has 0 saturated heterocycles. The highest BCUT2D eigenvalue weighted by Crippen LogP contribution is 2.19. The Hall–Kier alpha value is -1.58. The zero-order chi connectivity index (χ0) is 11.7. The van der Waals surface area contributed by atoms with Gasteiger partial charge in [0.1, 0.15) is 0 Å². The van der Waals surface area contributed by atoms with Crippen molar-refractivity contribution in [2.24, 2.45) is 10.2 Å². The Morgan fingerprint density at radius 3 is 2.62 bits per heavy atom. The van der Waals surface area contributed by atoms with E-state index in [9.17, 15) is 0 Å². The first-order valence-electron chi connectivity index (χ1n) is 5.66. The van der Waals surface area contributed by atoms with Crippen LogP contribution in [0.2, 0.25) is 0 Å². The summed E-state index contributed by atoms with van der Waals surface area (Å²) in [6, 6.07) is 0. The molecule has 2 rings (SSSR count). The maximum Gasteiger partial charge on any atom is 0.0775 e. The fourth-order valence-corrected chi connectivity index (χ4v) is 2.05. The van der Waals surface area contributed by atoms with Gasteiger partial charge >= 0.3 is 0 Å². The Balaban J connectivity index is 2.39. The molecule has 4 nitrogen and oxygen atoms in total. The molecule has 1 N–H and O–H groups in total. The van der Waals surface area contributed by atoms with Crippen LogP contribution >= 0.6 is 0 Å². The van der Waals surface area contributed by atoms with Gasteiger partial charge in [-0.15, -0.1) is 0 Å². The van der Waals surface area contributed by atoms with Gasteiger partial charge in [0.15, 0.2) is 0 Å². The molecule has 1 aromatic heterocycles. The van der Waals surface area contributed by atoms with Crippen molar-refractivity contribution in [2.75, 3.05) is 6.54 Å². The van der Waals surface area contributed by atoms with Crippen molar-refractivity contribution in [1.29, 1.82) is 0 Å². The van der Waals surface area contributed by atoms with Crippen LogP contribution in [-0.4, -0.2) is 28.1 Å². The SMILES string of the molecule is CCN1N=C(C)CC(c2c(C)c[nH]c2C)=N1. The monoisotopic (exact) mass is 218 g/mol. The van der Waals surface area contributed by atoms with Gasteiger partial charge in [0.05, 0.1) is 12.3 Å². The number of hydrazone groups is 2. The summed E-state index contributed by atoms with van der Waals surface area (Å²) in [4.78, 5) is 3.24. The van der Waals surface area contributed by atoms with E-state index in [0.717, 1.165) is 24.4 Å². The molecule has 0 spiro atoms. The van der Waals surface area contributed by atoms with E-state index in [1.165, 1.54) is 16.8 Å². The van der Waals surface area contributed by atoms with Gasteiger partial charge in [-0.25, -0.2) is 0 Å². The number of aromatic amines is 1. The molecule has 1 aliphatic rings. The fraction of sp³-hybridized carbons (Fsp3) is 0.500. The van der Waals surface area contributed by atoms with Crippen LogP contribution < -0.4 is 0 Å². The summed E-state index contributed by atoms with van der Waals surface area (Å²) in [6.07, 6.45) is 2.88. The Labute approximate surface area is 96.0 Å². The molecule has 4 heteroatoms.